The molecule has 5 atom stereocenters. The van der Waals surface area contributed by atoms with Crippen LogP contribution in [-0.2, 0) is 17.8 Å². The van der Waals surface area contributed by atoms with Crippen molar-refractivity contribution in [2.45, 2.75) is 43.7 Å². The molecule has 5 heterocycles. The summed E-state index contributed by atoms with van der Waals surface area (Å²) in [5.74, 6) is 1.30. The number of nitrogens with one attached hydrogen (secondary N) is 2. The van der Waals surface area contributed by atoms with Gasteiger partial charge in [0.2, 0.25) is 6.79 Å². The van der Waals surface area contributed by atoms with E-state index in [1.807, 2.05) is 22.8 Å². The fourth-order valence-electron chi connectivity index (χ4n) is 6.49. The summed E-state index contributed by atoms with van der Waals surface area (Å²) in [6.07, 6.45) is -6.73. The first kappa shape index (κ1) is 22.4. The van der Waals surface area contributed by atoms with Crippen molar-refractivity contribution < 1.29 is 39.7 Å². The van der Waals surface area contributed by atoms with Gasteiger partial charge in [-0.1, -0.05) is 0 Å². The highest BCUT2D eigenvalue weighted by molar-refractivity contribution is 6.25. The summed E-state index contributed by atoms with van der Waals surface area (Å²) in [4.78, 5) is 3.51. The van der Waals surface area contributed by atoms with Crippen LogP contribution >= 0.6 is 0 Å². The van der Waals surface area contributed by atoms with E-state index in [1.54, 1.807) is 12.1 Å². The SMILES string of the molecule is OC[C@H]1O[C@@H](n2c3cc4c(cc3c3c5c(c6c7cc(O)ccc7[nH]c6c32)CNC5)OCO4)[C@H](O)[C@@H](O)[C@@H]1O. The van der Waals surface area contributed by atoms with Crippen LogP contribution in [0.2, 0.25) is 0 Å². The number of hydrogen-bond donors (Lipinski definition) is 7. The molecule has 0 bridgehead atoms. The van der Waals surface area contributed by atoms with Gasteiger partial charge in [-0.05, 0) is 35.4 Å². The summed E-state index contributed by atoms with van der Waals surface area (Å²) in [5.41, 5.74) is 5.19. The molecule has 1 saturated heterocycles. The average molecular weight is 520 g/mol. The van der Waals surface area contributed by atoms with Crippen molar-refractivity contribution in [2.24, 2.45) is 0 Å². The van der Waals surface area contributed by atoms with Crippen LogP contribution in [0.3, 0.4) is 0 Å². The van der Waals surface area contributed by atoms with Gasteiger partial charge in [0.15, 0.2) is 17.7 Å². The van der Waals surface area contributed by atoms with Crippen molar-refractivity contribution in [1.82, 2.24) is 14.9 Å². The lowest BCUT2D eigenvalue weighted by Crippen LogP contribution is -2.56. The maximum atomic E-state index is 11.2. The molecular formula is C27H25N3O8. The molecule has 196 valence electrons. The maximum absolute atomic E-state index is 11.2. The van der Waals surface area contributed by atoms with Gasteiger partial charge in [0.25, 0.3) is 0 Å². The molecule has 0 radical (unpaired) electrons. The Morgan fingerprint density at radius 1 is 0.895 bits per heavy atom. The lowest BCUT2D eigenvalue weighted by atomic mass is 9.96. The Morgan fingerprint density at radius 3 is 2.45 bits per heavy atom. The van der Waals surface area contributed by atoms with E-state index in [4.69, 9.17) is 14.2 Å². The Labute approximate surface area is 214 Å². The predicted molar refractivity (Wildman–Crippen MR) is 136 cm³/mol. The molecule has 11 nitrogen and oxygen atoms in total. The molecule has 5 aromatic rings. The van der Waals surface area contributed by atoms with Crippen molar-refractivity contribution >= 4 is 43.6 Å². The van der Waals surface area contributed by atoms with Gasteiger partial charge < -0.3 is 54.6 Å². The van der Waals surface area contributed by atoms with Crippen LogP contribution in [0.25, 0.3) is 43.6 Å². The number of aromatic nitrogens is 2. The molecule has 0 saturated carbocycles. The highest BCUT2D eigenvalue weighted by atomic mass is 16.7. The molecule has 11 heteroatoms. The van der Waals surface area contributed by atoms with Crippen LogP contribution in [0.5, 0.6) is 17.2 Å². The number of phenols is 1. The van der Waals surface area contributed by atoms with Gasteiger partial charge in [-0.2, -0.15) is 0 Å². The Morgan fingerprint density at radius 2 is 1.66 bits per heavy atom. The molecule has 0 aliphatic carbocycles. The van der Waals surface area contributed by atoms with Crippen molar-refractivity contribution in [1.29, 1.82) is 0 Å². The first-order valence-corrected chi connectivity index (χ1v) is 12.5. The number of aliphatic hydroxyl groups is 4. The van der Waals surface area contributed by atoms with E-state index >= 15 is 0 Å². The van der Waals surface area contributed by atoms with Crippen LogP contribution in [0, 0.1) is 0 Å². The van der Waals surface area contributed by atoms with Crippen molar-refractivity contribution in [3.63, 3.8) is 0 Å². The Hall–Kier alpha value is -3.58. The number of aliphatic hydroxyl groups excluding tert-OH is 4. The topological polar surface area (TPSA) is 162 Å². The molecule has 7 N–H and O–H groups in total. The molecule has 0 spiro atoms. The van der Waals surface area contributed by atoms with E-state index in [0.29, 0.717) is 30.1 Å². The van der Waals surface area contributed by atoms with Crippen LogP contribution in [0.15, 0.2) is 30.3 Å². The Balaban J connectivity index is 1.56. The zero-order chi connectivity index (χ0) is 25.9. The minimum atomic E-state index is -1.54. The van der Waals surface area contributed by atoms with Crippen molar-refractivity contribution in [2.75, 3.05) is 13.4 Å². The monoisotopic (exact) mass is 519 g/mol. The first-order chi connectivity index (χ1) is 18.5. The number of fused-ring (bicyclic) bond motifs is 11. The minimum Gasteiger partial charge on any atom is -0.508 e. The number of phenolic OH excluding ortho intramolecular Hbond substituents is 1. The highest BCUT2D eigenvalue weighted by Gasteiger charge is 2.45. The second kappa shape index (κ2) is 7.73. The maximum Gasteiger partial charge on any atom is 0.231 e. The van der Waals surface area contributed by atoms with E-state index in [2.05, 4.69) is 10.3 Å². The summed E-state index contributed by atoms with van der Waals surface area (Å²) in [6.45, 7) is 0.803. The second-order valence-electron chi connectivity index (χ2n) is 10.2. The van der Waals surface area contributed by atoms with Crippen LogP contribution in [0.4, 0.5) is 0 Å². The zero-order valence-electron chi connectivity index (χ0n) is 20.0. The molecule has 0 unspecified atom stereocenters. The summed E-state index contributed by atoms with van der Waals surface area (Å²) >= 11 is 0. The highest BCUT2D eigenvalue weighted by Crippen LogP contribution is 2.49. The van der Waals surface area contributed by atoms with Gasteiger partial charge in [-0.15, -0.1) is 0 Å². The quantitative estimate of drug-likeness (QED) is 0.183. The van der Waals surface area contributed by atoms with Crippen molar-refractivity contribution in [3.8, 4) is 17.2 Å². The Bertz CT molecular complexity index is 1790. The molecule has 3 aromatic carbocycles. The molecule has 1 fully saturated rings. The molecular weight excluding hydrogens is 494 g/mol. The average Bonchev–Trinajstić information content (AvgIpc) is 3.69. The van der Waals surface area contributed by atoms with Crippen molar-refractivity contribution in [3.05, 3.63) is 41.5 Å². The van der Waals surface area contributed by atoms with Crippen LogP contribution < -0.4 is 14.8 Å². The number of aromatic amines is 1. The number of benzene rings is 3. The fraction of sp³-hybridized carbons (Fsp3) is 0.333. The number of nitrogens with zero attached hydrogens (tertiary/aromatic N) is 1. The third-order valence-corrected chi connectivity index (χ3v) is 8.21. The number of rotatable bonds is 2. The minimum absolute atomic E-state index is 0.0926. The summed E-state index contributed by atoms with van der Waals surface area (Å²) < 4.78 is 19.3. The van der Waals surface area contributed by atoms with Gasteiger partial charge >= 0.3 is 0 Å². The fourth-order valence-corrected chi connectivity index (χ4v) is 6.49. The van der Waals surface area contributed by atoms with Crippen LogP contribution in [0.1, 0.15) is 17.4 Å². The van der Waals surface area contributed by atoms with E-state index in [0.717, 1.165) is 49.2 Å². The molecule has 0 amide bonds. The molecule has 8 rings (SSSR count). The van der Waals surface area contributed by atoms with E-state index in [1.165, 1.54) is 0 Å². The third-order valence-electron chi connectivity index (χ3n) is 8.21. The van der Waals surface area contributed by atoms with Gasteiger partial charge in [0.1, 0.15) is 30.2 Å². The standard InChI is InChI=1S/C27H25N3O8/c31-8-19-24(33)25(34)26(35)27(38-19)30-16-5-18-17(36-9-37-18)4-12(16)21-14-7-28-6-13(14)20-11-3-10(32)1-2-15(11)29-22(20)23(21)30/h1-5,19,24-29,31-35H,6-9H2/t19-,24-,25+,26-,27-/m1/s1. The number of H-pyrrole nitrogens is 1. The van der Waals surface area contributed by atoms with Gasteiger partial charge in [-0.3, -0.25) is 0 Å². The molecule has 2 aromatic heterocycles. The number of aromatic hydroxyl groups is 1. The summed E-state index contributed by atoms with van der Waals surface area (Å²) in [5, 5.41) is 59.6. The number of ether oxygens (including phenoxy) is 3. The Kier molecular flexibility index (Phi) is 4.56. The smallest absolute Gasteiger partial charge is 0.231 e. The zero-order valence-corrected chi connectivity index (χ0v) is 20.0. The van der Waals surface area contributed by atoms with E-state index in [-0.39, 0.29) is 12.5 Å². The summed E-state index contributed by atoms with van der Waals surface area (Å²) in [6, 6.07) is 8.92. The van der Waals surface area contributed by atoms with Gasteiger partial charge in [0.05, 0.1) is 23.2 Å². The third kappa shape index (κ3) is 2.77. The lowest BCUT2D eigenvalue weighted by Gasteiger charge is -2.41. The van der Waals surface area contributed by atoms with Gasteiger partial charge in [0, 0.05) is 46.2 Å². The lowest BCUT2D eigenvalue weighted by molar-refractivity contribution is -0.249. The van der Waals surface area contributed by atoms with Crippen LogP contribution in [-0.4, -0.2) is 72.9 Å². The molecule has 3 aliphatic rings. The first-order valence-electron chi connectivity index (χ1n) is 12.5. The van der Waals surface area contributed by atoms with Gasteiger partial charge in [-0.25, -0.2) is 0 Å². The van der Waals surface area contributed by atoms with E-state index < -0.39 is 37.3 Å². The molecule has 38 heavy (non-hydrogen) atoms. The second-order valence-corrected chi connectivity index (χ2v) is 10.2. The number of hydrogen-bond acceptors (Lipinski definition) is 9. The van der Waals surface area contributed by atoms with E-state index in [9.17, 15) is 25.5 Å². The normalized spacial score (nSPS) is 26.8. The summed E-state index contributed by atoms with van der Waals surface area (Å²) in [7, 11) is 0. The molecule has 3 aliphatic heterocycles. The largest absolute Gasteiger partial charge is 0.508 e. The predicted octanol–water partition coefficient (Wildman–Crippen LogP) is 1.44.